The Balaban J connectivity index is 0.000000219. The maximum absolute atomic E-state index is 4.93. The van der Waals surface area contributed by atoms with Crippen molar-refractivity contribution in [1.82, 2.24) is 0 Å². The van der Waals surface area contributed by atoms with Crippen LogP contribution in [0.3, 0.4) is 0 Å². The molecule has 0 aliphatic carbocycles. The van der Waals surface area contributed by atoms with Gasteiger partial charge in [0, 0.05) is 0 Å². The van der Waals surface area contributed by atoms with Gasteiger partial charge >= 0.3 is 37.9 Å². The van der Waals surface area contributed by atoms with Gasteiger partial charge in [-0.3, -0.25) is 0 Å². The topological polar surface area (TPSA) is 0 Å². The van der Waals surface area contributed by atoms with Gasteiger partial charge in [-0.15, -0.1) is 69.1 Å². The van der Waals surface area contributed by atoms with E-state index in [1.807, 2.05) is 0 Å². The maximum atomic E-state index is 4.93. The zero-order valence-electron chi connectivity index (χ0n) is 15.4. The van der Waals surface area contributed by atoms with E-state index in [1.165, 1.54) is 48.4 Å². The molecule has 0 atom stereocenters. The molecule has 0 N–H and O–H groups in total. The Labute approximate surface area is 198 Å². The Morgan fingerprint density at radius 3 is 1.41 bits per heavy atom. The normalized spacial score (nSPS) is 9.30. The number of benzene rings is 2. The van der Waals surface area contributed by atoms with E-state index >= 15 is 0 Å². The van der Waals surface area contributed by atoms with Crippen LogP contribution in [0.1, 0.15) is 11.1 Å². The van der Waals surface area contributed by atoms with Crippen molar-refractivity contribution < 1.29 is 20.8 Å². The van der Waals surface area contributed by atoms with Crippen molar-refractivity contribution in [3.63, 3.8) is 0 Å². The molecule has 0 spiro atoms. The molecular formula is C21H19BBr2Cl2Zr. The van der Waals surface area contributed by atoms with Crippen LogP contribution in [0, 0.1) is 13.8 Å². The average Bonchev–Trinajstić information content (AvgIpc) is 3.21. The van der Waals surface area contributed by atoms with E-state index in [9.17, 15) is 0 Å². The summed E-state index contributed by atoms with van der Waals surface area (Å²) >= 11 is 6.19. The summed E-state index contributed by atoms with van der Waals surface area (Å²) in [5.41, 5.74) is 2.65. The Bertz CT molecular complexity index is 885. The van der Waals surface area contributed by atoms with Crippen molar-refractivity contribution >= 4 is 78.3 Å². The van der Waals surface area contributed by atoms with Gasteiger partial charge in [0.15, 0.2) is 0 Å². The monoisotopic (exact) mass is 600 g/mol. The molecule has 27 heavy (non-hydrogen) atoms. The Kier molecular flexibility index (Phi) is 12.5. The molecule has 0 unspecified atom stereocenters. The number of halogens is 4. The molecule has 0 nitrogen and oxygen atoms in total. The van der Waals surface area contributed by atoms with Crippen LogP contribution in [0.4, 0.5) is 0 Å². The van der Waals surface area contributed by atoms with Crippen LogP contribution >= 0.6 is 48.9 Å². The Morgan fingerprint density at radius 1 is 0.778 bits per heavy atom. The predicted molar refractivity (Wildman–Crippen MR) is 127 cm³/mol. The molecule has 0 saturated carbocycles. The Morgan fingerprint density at radius 2 is 1.11 bits per heavy atom. The van der Waals surface area contributed by atoms with Crippen molar-refractivity contribution in [1.29, 1.82) is 0 Å². The van der Waals surface area contributed by atoms with E-state index in [4.69, 9.17) is 17.0 Å². The van der Waals surface area contributed by atoms with Gasteiger partial charge in [0.1, 0.15) is 0 Å². The fourth-order valence-corrected chi connectivity index (χ4v) is 3.68. The van der Waals surface area contributed by atoms with Crippen LogP contribution in [0.2, 0.25) is 6.82 Å². The quantitative estimate of drug-likeness (QED) is 0.139. The molecule has 0 heterocycles. The Hall–Kier alpha value is 0.148. The van der Waals surface area contributed by atoms with E-state index in [0.717, 1.165) is 0 Å². The van der Waals surface area contributed by atoms with Crippen molar-refractivity contribution in [2.45, 2.75) is 20.7 Å². The predicted octanol–water partition coefficient (Wildman–Crippen LogP) is 8.84. The van der Waals surface area contributed by atoms with Crippen LogP contribution in [0.15, 0.2) is 69.6 Å². The summed E-state index contributed by atoms with van der Waals surface area (Å²) in [6, 6.07) is 21.3. The first-order valence-electron chi connectivity index (χ1n) is 8.13. The molecule has 0 bridgehead atoms. The van der Waals surface area contributed by atoms with Crippen LogP contribution in [0.5, 0.6) is 0 Å². The molecule has 0 aliphatic heterocycles. The van der Waals surface area contributed by atoms with Crippen molar-refractivity contribution in [2.24, 2.45) is 0 Å². The zero-order valence-corrected chi connectivity index (χ0v) is 22.5. The third-order valence-corrected chi connectivity index (χ3v) is 5.07. The van der Waals surface area contributed by atoms with Crippen molar-refractivity contribution in [2.75, 3.05) is 0 Å². The summed E-state index contributed by atoms with van der Waals surface area (Å²) in [7, 11) is 14.4. The van der Waals surface area contributed by atoms with Crippen LogP contribution in [-0.2, 0) is 20.8 Å². The van der Waals surface area contributed by atoms with Crippen LogP contribution in [0.25, 0.3) is 21.5 Å². The molecule has 0 fully saturated rings. The van der Waals surface area contributed by atoms with Gasteiger partial charge in [-0.1, -0.05) is 64.7 Å². The van der Waals surface area contributed by atoms with Gasteiger partial charge in [0.05, 0.1) is 7.85 Å². The van der Waals surface area contributed by atoms with Crippen LogP contribution in [-0.4, -0.2) is 7.85 Å². The molecule has 4 rings (SSSR count). The molecule has 0 amide bonds. The first-order valence-corrected chi connectivity index (χ1v) is 16.0. The third kappa shape index (κ3) is 7.82. The number of aryl methyl sites for hydroxylation is 2. The van der Waals surface area contributed by atoms with Crippen LogP contribution < -0.4 is 0 Å². The van der Waals surface area contributed by atoms with E-state index in [2.05, 4.69) is 114 Å². The number of rotatable bonds is 0. The van der Waals surface area contributed by atoms with Gasteiger partial charge in [0.25, 0.3) is 0 Å². The number of hydrogen-bond donors (Lipinski definition) is 0. The molecule has 0 saturated heterocycles. The van der Waals surface area contributed by atoms with Gasteiger partial charge in [0.2, 0.25) is 0 Å². The standard InChI is InChI=1S/2C10H8Br.CH3B.2ClH.Zr/c2*1-7-5-8-3-2-4-10(11)9(8)6-7;1-2;;;/h2*2-6H,1H3;1H3;2*1H;/q2*-1;;;;+4/p-2. The second-order valence-electron chi connectivity index (χ2n) is 5.62. The minimum absolute atomic E-state index is 0.826. The molecule has 2 radical (unpaired) electrons. The summed E-state index contributed by atoms with van der Waals surface area (Å²) in [6.07, 6.45) is 0. The molecular weight excluding hydrogens is 585 g/mol. The van der Waals surface area contributed by atoms with E-state index < -0.39 is 20.8 Å². The van der Waals surface area contributed by atoms with Gasteiger partial charge < -0.3 is 0 Å². The summed E-state index contributed by atoms with van der Waals surface area (Å²) in [5.74, 6) is 0. The second-order valence-corrected chi connectivity index (χ2v) is 11.1. The van der Waals surface area contributed by atoms with E-state index in [1.54, 1.807) is 0 Å². The first-order chi connectivity index (χ1) is 13.0. The van der Waals surface area contributed by atoms with Crippen molar-refractivity contribution in [3.8, 4) is 0 Å². The molecule has 6 heteroatoms. The summed E-state index contributed by atoms with van der Waals surface area (Å²) in [6.45, 7) is 5.74. The molecule has 0 aromatic heterocycles. The SMILES string of the molecule is Cc1cc2c(Br)cccc2[cH-]1.Cc1cc2c(Br)cccc2[cH-]1.[B]C.[Cl][Zr+2][Cl]. The minimum atomic E-state index is -0.826. The fraction of sp³-hybridized carbons (Fsp3) is 0.143. The van der Waals surface area contributed by atoms with Gasteiger partial charge in [-0.05, 0) is 8.95 Å². The molecule has 0 aliphatic rings. The summed E-state index contributed by atoms with van der Waals surface area (Å²) in [5, 5.41) is 5.25. The summed E-state index contributed by atoms with van der Waals surface area (Å²) < 4.78 is 2.37. The first kappa shape index (κ1) is 25.2. The number of fused-ring (bicyclic) bond motifs is 2. The van der Waals surface area contributed by atoms with Crippen molar-refractivity contribution in [3.05, 3.63) is 80.7 Å². The van der Waals surface area contributed by atoms with Gasteiger partial charge in [-0.25, -0.2) is 0 Å². The third-order valence-electron chi connectivity index (χ3n) is 3.68. The fourth-order valence-electron chi connectivity index (χ4n) is 2.69. The number of hydrogen-bond acceptors (Lipinski definition) is 0. The van der Waals surface area contributed by atoms with E-state index in [-0.39, 0.29) is 0 Å². The molecule has 138 valence electrons. The molecule has 4 aromatic rings. The van der Waals surface area contributed by atoms with Gasteiger partial charge in [-0.2, -0.15) is 12.1 Å². The second kappa shape index (κ2) is 13.4. The summed E-state index contributed by atoms with van der Waals surface area (Å²) in [4.78, 5) is 0. The average molecular weight is 604 g/mol. The molecule has 4 aromatic carbocycles. The zero-order chi connectivity index (χ0) is 20.4. The van der Waals surface area contributed by atoms with E-state index in [0.29, 0.717) is 0 Å².